The topological polar surface area (TPSA) is 88.7 Å². The second-order valence-electron chi connectivity index (χ2n) is 5.05. The minimum atomic E-state index is -0.431. The fourth-order valence-corrected chi connectivity index (χ4v) is 2.47. The van der Waals surface area contributed by atoms with E-state index in [0.29, 0.717) is 30.2 Å². The molecule has 0 bridgehead atoms. The maximum absolute atomic E-state index is 11.8. The number of aliphatic hydroxyl groups is 1. The predicted molar refractivity (Wildman–Crippen MR) is 76.6 cm³/mol. The second-order valence-corrected chi connectivity index (χ2v) is 5.05. The van der Waals surface area contributed by atoms with Crippen molar-refractivity contribution < 1.29 is 14.6 Å². The zero-order chi connectivity index (χ0) is 14.7. The van der Waals surface area contributed by atoms with E-state index < -0.39 is 5.97 Å². The summed E-state index contributed by atoms with van der Waals surface area (Å²) in [5.74, 6) is 0.376. The van der Waals surface area contributed by atoms with Crippen molar-refractivity contribution in [3.8, 4) is 0 Å². The standard InChI is InChI=1S/C14H21N3O3/c1-3-20-14(19)11-4-6-16-13(12(11)15)17-7-5-10(8-17)9(2)18/h4,6,9-10,18H,3,5,7-8,15H2,1-2H3. The van der Waals surface area contributed by atoms with Gasteiger partial charge in [-0.3, -0.25) is 0 Å². The van der Waals surface area contributed by atoms with Gasteiger partial charge in [-0.05, 0) is 26.3 Å². The Balaban J connectivity index is 2.21. The minimum Gasteiger partial charge on any atom is -0.462 e. The second kappa shape index (κ2) is 6.09. The first kappa shape index (κ1) is 14.6. The summed E-state index contributed by atoms with van der Waals surface area (Å²) < 4.78 is 4.98. The smallest absolute Gasteiger partial charge is 0.340 e. The van der Waals surface area contributed by atoms with Gasteiger partial charge >= 0.3 is 5.97 Å². The number of carbonyl (C=O) groups is 1. The van der Waals surface area contributed by atoms with E-state index in [4.69, 9.17) is 10.5 Å². The number of hydrogen-bond donors (Lipinski definition) is 2. The molecule has 0 aliphatic carbocycles. The number of aromatic nitrogens is 1. The van der Waals surface area contributed by atoms with Crippen molar-refractivity contribution in [2.45, 2.75) is 26.4 Å². The largest absolute Gasteiger partial charge is 0.462 e. The van der Waals surface area contributed by atoms with E-state index in [2.05, 4.69) is 4.98 Å². The molecule has 6 heteroatoms. The molecule has 1 aromatic heterocycles. The quantitative estimate of drug-likeness (QED) is 0.801. The van der Waals surface area contributed by atoms with Gasteiger partial charge in [-0.15, -0.1) is 0 Å². The first-order chi connectivity index (χ1) is 9.54. The van der Waals surface area contributed by atoms with Crippen LogP contribution in [0.15, 0.2) is 12.3 Å². The van der Waals surface area contributed by atoms with Gasteiger partial charge in [-0.25, -0.2) is 9.78 Å². The molecular formula is C14H21N3O3. The number of pyridine rings is 1. The van der Waals surface area contributed by atoms with Crippen LogP contribution >= 0.6 is 0 Å². The maximum Gasteiger partial charge on any atom is 0.340 e. The van der Waals surface area contributed by atoms with Gasteiger partial charge in [0, 0.05) is 25.2 Å². The van der Waals surface area contributed by atoms with Crippen LogP contribution in [0.2, 0.25) is 0 Å². The molecule has 2 atom stereocenters. The number of ether oxygens (including phenoxy) is 1. The van der Waals surface area contributed by atoms with Crippen LogP contribution in [0, 0.1) is 5.92 Å². The number of nitrogens with two attached hydrogens (primary N) is 1. The fourth-order valence-electron chi connectivity index (χ4n) is 2.47. The van der Waals surface area contributed by atoms with Crippen LogP contribution in [0.5, 0.6) is 0 Å². The zero-order valence-electron chi connectivity index (χ0n) is 11.9. The van der Waals surface area contributed by atoms with E-state index in [1.54, 1.807) is 26.1 Å². The van der Waals surface area contributed by atoms with Crippen molar-refractivity contribution in [2.24, 2.45) is 5.92 Å². The monoisotopic (exact) mass is 279 g/mol. The summed E-state index contributed by atoms with van der Waals surface area (Å²) in [5.41, 5.74) is 6.74. The Bertz CT molecular complexity index is 491. The van der Waals surface area contributed by atoms with Crippen LogP contribution in [0.3, 0.4) is 0 Å². The molecule has 2 rings (SSSR count). The Morgan fingerprint density at radius 2 is 2.45 bits per heavy atom. The predicted octanol–water partition coefficient (Wildman–Crippen LogP) is 1.05. The van der Waals surface area contributed by atoms with E-state index in [-0.39, 0.29) is 12.0 Å². The summed E-state index contributed by atoms with van der Waals surface area (Å²) >= 11 is 0. The van der Waals surface area contributed by atoms with Crippen molar-refractivity contribution in [2.75, 3.05) is 30.3 Å². The molecule has 20 heavy (non-hydrogen) atoms. The summed E-state index contributed by atoms with van der Waals surface area (Å²) in [6.07, 6.45) is 2.10. The number of rotatable bonds is 4. The molecule has 1 aromatic rings. The summed E-state index contributed by atoms with van der Waals surface area (Å²) in [4.78, 5) is 18.1. The third kappa shape index (κ3) is 2.85. The zero-order valence-corrected chi connectivity index (χ0v) is 11.9. The lowest BCUT2D eigenvalue weighted by atomic mass is 10.0. The first-order valence-corrected chi connectivity index (χ1v) is 6.89. The number of anilines is 2. The van der Waals surface area contributed by atoms with Crippen LogP contribution < -0.4 is 10.6 Å². The van der Waals surface area contributed by atoms with Gasteiger partial charge < -0.3 is 20.5 Å². The number of carbonyl (C=O) groups excluding carboxylic acids is 1. The lowest BCUT2D eigenvalue weighted by molar-refractivity contribution is 0.0527. The van der Waals surface area contributed by atoms with Crippen molar-refractivity contribution in [3.05, 3.63) is 17.8 Å². The molecule has 0 spiro atoms. The van der Waals surface area contributed by atoms with Gasteiger partial charge in [0.15, 0.2) is 5.82 Å². The highest BCUT2D eigenvalue weighted by molar-refractivity contribution is 5.97. The molecule has 3 N–H and O–H groups in total. The van der Waals surface area contributed by atoms with Crippen molar-refractivity contribution in [3.63, 3.8) is 0 Å². The van der Waals surface area contributed by atoms with E-state index in [1.165, 1.54) is 0 Å². The molecule has 0 radical (unpaired) electrons. The molecule has 0 aromatic carbocycles. The fraction of sp³-hybridized carbons (Fsp3) is 0.571. The highest BCUT2D eigenvalue weighted by atomic mass is 16.5. The number of nitrogens with zero attached hydrogens (tertiary/aromatic N) is 2. The third-order valence-electron chi connectivity index (χ3n) is 3.67. The SMILES string of the molecule is CCOC(=O)c1ccnc(N2CCC(C(C)O)C2)c1N. The molecule has 2 unspecified atom stereocenters. The summed E-state index contributed by atoms with van der Waals surface area (Å²) in [6.45, 7) is 5.33. The van der Waals surface area contributed by atoms with Crippen molar-refractivity contribution in [1.29, 1.82) is 0 Å². The van der Waals surface area contributed by atoms with E-state index in [0.717, 1.165) is 13.0 Å². The molecule has 110 valence electrons. The Labute approximate surface area is 118 Å². The number of hydrogen-bond acceptors (Lipinski definition) is 6. The summed E-state index contributed by atoms with van der Waals surface area (Å²) in [7, 11) is 0. The Kier molecular flexibility index (Phi) is 4.44. The molecule has 1 aliphatic rings. The van der Waals surface area contributed by atoms with Crippen LogP contribution in [0.4, 0.5) is 11.5 Å². The van der Waals surface area contributed by atoms with E-state index in [9.17, 15) is 9.90 Å². The van der Waals surface area contributed by atoms with Gasteiger partial charge in [0.2, 0.25) is 0 Å². The Morgan fingerprint density at radius 3 is 3.05 bits per heavy atom. The average Bonchev–Trinajstić information content (AvgIpc) is 2.88. The van der Waals surface area contributed by atoms with Gasteiger partial charge in [0.1, 0.15) is 0 Å². The lowest BCUT2D eigenvalue weighted by Crippen LogP contribution is -2.26. The van der Waals surface area contributed by atoms with Gasteiger partial charge in [-0.2, -0.15) is 0 Å². The van der Waals surface area contributed by atoms with Crippen molar-refractivity contribution >= 4 is 17.5 Å². The van der Waals surface area contributed by atoms with E-state index >= 15 is 0 Å². The van der Waals surface area contributed by atoms with Crippen LogP contribution in [-0.4, -0.2) is 41.9 Å². The molecular weight excluding hydrogens is 258 g/mol. The molecule has 1 aliphatic heterocycles. The lowest BCUT2D eigenvalue weighted by Gasteiger charge is -2.21. The van der Waals surface area contributed by atoms with Gasteiger partial charge in [0.05, 0.1) is 24.0 Å². The molecule has 2 heterocycles. The third-order valence-corrected chi connectivity index (χ3v) is 3.67. The minimum absolute atomic E-state index is 0.211. The van der Waals surface area contributed by atoms with Crippen LogP contribution in [0.25, 0.3) is 0 Å². The number of aliphatic hydroxyl groups excluding tert-OH is 1. The van der Waals surface area contributed by atoms with Gasteiger partial charge in [0.25, 0.3) is 0 Å². The number of nitrogen functional groups attached to an aromatic ring is 1. The normalized spacial score (nSPS) is 19.9. The molecule has 1 saturated heterocycles. The van der Waals surface area contributed by atoms with Crippen molar-refractivity contribution in [1.82, 2.24) is 4.98 Å². The molecule has 0 saturated carbocycles. The Morgan fingerprint density at radius 1 is 1.70 bits per heavy atom. The van der Waals surface area contributed by atoms with E-state index in [1.807, 2.05) is 4.90 Å². The Hall–Kier alpha value is -1.82. The van der Waals surface area contributed by atoms with Crippen LogP contribution in [0.1, 0.15) is 30.6 Å². The highest BCUT2D eigenvalue weighted by Crippen LogP contribution is 2.30. The molecule has 0 amide bonds. The van der Waals surface area contributed by atoms with Crippen LogP contribution in [-0.2, 0) is 4.74 Å². The average molecular weight is 279 g/mol. The summed E-state index contributed by atoms with van der Waals surface area (Å²) in [6, 6.07) is 1.57. The van der Waals surface area contributed by atoms with Gasteiger partial charge in [-0.1, -0.05) is 0 Å². The molecule has 6 nitrogen and oxygen atoms in total. The highest BCUT2D eigenvalue weighted by Gasteiger charge is 2.29. The summed E-state index contributed by atoms with van der Waals surface area (Å²) in [5, 5.41) is 9.65. The molecule has 1 fully saturated rings. The maximum atomic E-state index is 11.8. The first-order valence-electron chi connectivity index (χ1n) is 6.89. The number of esters is 1.